The topological polar surface area (TPSA) is 86.5 Å². The second-order valence-corrected chi connectivity index (χ2v) is 7.79. The minimum absolute atomic E-state index is 0.100. The van der Waals surface area contributed by atoms with Gasteiger partial charge in [0.05, 0.1) is 22.3 Å². The number of anilines is 1. The van der Waals surface area contributed by atoms with Crippen molar-refractivity contribution in [1.29, 1.82) is 0 Å². The summed E-state index contributed by atoms with van der Waals surface area (Å²) in [7, 11) is 0. The Morgan fingerprint density at radius 3 is 2.86 bits per heavy atom. The van der Waals surface area contributed by atoms with E-state index in [0.29, 0.717) is 41.3 Å². The standard InChI is InChI=1S/C21H17N3O4S/c1-12-2-4-15-19(8-12)29-21(22-15)23-20(25)11-14-10-17(28-24-14)13-3-5-16-18(9-13)27-7-6-26-16/h2-5,8-10H,6-7,11H2,1H3,(H,22,23,25). The summed E-state index contributed by atoms with van der Waals surface area (Å²) in [6.45, 7) is 3.09. The SMILES string of the molecule is Cc1ccc2nc(NC(=O)Cc3cc(-c4ccc5c(c4)OCCO5)on3)sc2c1. The first-order chi connectivity index (χ1) is 14.1. The number of hydrogen-bond acceptors (Lipinski definition) is 7. The molecule has 146 valence electrons. The van der Waals surface area contributed by atoms with E-state index in [9.17, 15) is 4.79 Å². The van der Waals surface area contributed by atoms with Crippen LogP contribution in [0.5, 0.6) is 11.5 Å². The van der Waals surface area contributed by atoms with Crippen molar-refractivity contribution >= 4 is 32.6 Å². The molecule has 0 aliphatic carbocycles. The van der Waals surface area contributed by atoms with E-state index in [1.54, 1.807) is 6.07 Å². The highest BCUT2D eigenvalue weighted by molar-refractivity contribution is 7.22. The van der Waals surface area contributed by atoms with Gasteiger partial charge in [0.2, 0.25) is 5.91 Å². The summed E-state index contributed by atoms with van der Waals surface area (Å²) in [5.41, 5.74) is 3.39. The Kier molecular flexibility index (Phi) is 4.40. The molecule has 2 aromatic heterocycles. The Bertz CT molecular complexity index is 1210. The van der Waals surface area contributed by atoms with E-state index in [4.69, 9.17) is 14.0 Å². The minimum atomic E-state index is -0.192. The van der Waals surface area contributed by atoms with Gasteiger partial charge in [-0.05, 0) is 42.8 Å². The molecule has 3 heterocycles. The monoisotopic (exact) mass is 407 g/mol. The number of carbonyl (C=O) groups excluding carboxylic acids is 1. The molecule has 7 nitrogen and oxygen atoms in total. The first kappa shape index (κ1) is 17.7. The number of amides is 1. The van der Waals surface area contributed by atoms with Gasteiger partial charge in [0.1, 0.15) is 13.2 Å². The number of fused-ring (bicyclic) bond motifs is 2. The summed E-state index contributed by atoms with van der Waals surface area (Å²) >= 11 is 1.45. The fraction of sp³-hybridized carbons (Fsp3) is 0.190. The molecule has 0 bridgehead atoms. The van der Waals surface area contributed by atoms with Crippen molar-refractivity contribution in [3.63, 3.8) is 0 Å². The number of aromatic nitrogens is 2. The molecule has 1 aliphatic heterocycles. The maximum Gasteiger partial charge on any atom is 0.232 e. The smallest absolute Gasteiger partial charge is 0.232 e. The lowest BCUT2D eigenvalue weighted by Gasteiger charge is -2.18. The summed E-state index contributed by atoms with van der Waals surface area (Å²) in [5, 5.41) is 7.43. The third kappa shape index (κ3) is 3.66. The van der Waals surface area contributed by atoms with Crippen LogP contribution >= 0.6 is 11.3 Å². The highest BCUT2D eigenvalue weighted by Gasteiger charge is 2.16. The molecule has 0 radical (unpaired) electrons. The van der Waals surface area contributed by atoms with E-state index < -0.39 is 0 Å². The van der Waals surface area contributed by atoms with Gasteiger partial charge in [-0.25, -0.2) is 4.98 Å². The predicted octanol–water partition coefficient (Wildman–Crippen LogP) is 4.21. The highest BCUT2D eigenvalue weighted by atomic mass is 32.1. The number of aryl methyl sites for hydroxylation is 1. The van der Waals surface area contributed by atoms with Gasteiger partial charge < -0.3 is 19.3 Å². The fourth-order valence-corrected chi connectivity index (χ4v) is 4.12. The lowest BCUT2D eigenvalue weighted by Crippen LogP contribution is -2.15. The van der Waals surface area contributed by atoms with Crippen molar-refractivity contribution in [3.05, 3.63) is 53.7 Å². The van der Waals surface area contributed by atoms with Gasteiger partial charge in [-0.2, -0.15) is 0 Å². The van der Waals surface area contributed by atoms with Crippen molar-refractivity contribution < 1.29 is 18.8 Å². The van der Waals surface area contributed by atoms with Crippen LogP contribution in [0, 0.1) is 6.92 Å². The van der Waals surface area contributed by atoms with E-state index in [2.05, 4.69) is 21.5 Å². The van der Waals surface area contributed by atoms with Crippen LogP contribution in [-0.2, 0) is 11.2 Å². The fourth-order valence-electron chi connectivity index (χ4n) is 3.14. The maximum atomic E-state index is 12.4. The number of carbonyl (C=O) groups is 1. The Balaban J connectivity index is 1.28. The molecule has 8 heteroatoms. The normalized spacial score (nSPS) is 12.9. The lowest BCUT2D eigenvalue weighted by atomic mass is 10.1. The number of nitrogens with zero attached hydrogens (tertiary/aromatic N) is 2. The van der Waals surface area contributed by atoms with Crippen molar-refractivity contribution in [1.82, 2.24) is 10.1 Å². The highest BCUT2D eigenvalue weighted by Crippen LogP contribution is 2.34. The third-order valence-electron chi connectivity index (χ3n) is 4.52. The van der Waals surface area contributed by atoms with Gasteiger partial charge in [-0.3, -0.25) is 4.79 Å². The molecular formula is C21H17N3O4S. The van der Waals surface area contributed by atoms with Gasteiger partial charge in [-0.15, -0.1) is 0 Å². The first-order valence-electron chi connectivity index (χ1n) is 9.17. The van der Waals surface area contributed by atoms with Crippen LogP contribution in [0.15, 0.2) is 47.0 Å². The second kappa shape index (κ2) is 7.21. The Labute approximate surface area is 170 Å². The Morgan fingerprint density at radius 1 is 1.10 bits per heavy atom. The molecule has 0 fully saturated rings. The first-order valence-corrected chi connectivity index (χ1v) is 9.98. The van der Waals surface area contributed by atoms with Crippen LogP contribution in [-0.4, -0.2) is 29.3 Å². The number of thiazole rings is 1. The van der Waals surface area contributed by atoms with Crippen molar-refractivity contribution in [2.75, 3.05) is 18.5 Å². The van der Waals surface area contributed by atoms with Crippen LogP contribution < -0.4 is 14.8 Å². The average molecular weight is 407 g/mol. The van der Waals surface area contributed by atoms with Gasteiger partial charge in [0.15, 0.2) is 22.4 Å². The predicted molar refractivity (Wildman–Crippen MR) is 110 cm³/mol. The van der Waals surface area contributed by atoms with Crippen LogP contribution in [0.4, 0.5) is 5.13 Å². The molecule has 29 heavy (non-hydrogen) atoms. The van der Waals surface area contributed by atoms with Gasteiger partial charge in [0, 0.05) is 11.6 Å². The van der Waals surface area contributed by atoms with Crippen molar-refractivity contribution in [2.45, 2.75) is 13.3 Å². The second-order valence-electron chi connectivity index (χ2n) is 6.76. The number of rotatable bonds is 4. The van der Waals surface area contributed by atoms with Crippen LogP contribution in [0.1, 0.15) is 11.3 Å². The number of ether oxygens (including phenoxy) is 2. The molecule has 1 N–H and O–H groups in total. The molecule has 0 unspecified atom stereocenters. The molecule has 0 saturated carbocycles. The Morgan fingerprint density at radius 2 is 1.97 bits per heavy atom. The summed E-state index contributed by atoms with van der Waals surface area (Å²) in [4.78, 5) is 16.8. The maximum absolute atomic E-state index is 12.4. The van der Waals surface area contributed by atoms with Crippen molar-refractivity contribution in [2.24, 2.45) is 0 Å². The van der Waals surface area contributed by atoms with Gasteiger partial charge >= 0.3 is 0 Å². The lowest BCUT2D eigenvalue weighted by molar-refractivity contribution is -0.115. The largest absolute Gasteiger partial charge is 0.486 e. The molecule has 0 spiro atoms. The zero-order valence-corrected chi connectivity index (χ0v) is 16.4. The quantitative estimate of drug-likeness (QED) is 0.545. The zero-order valence-electron chi connectivity index (χ0n) is 15.6. The summed E-state index contributed by atoms with van der Waals surface area (Å²) in [6.07, 6.45) is 0.100. The average Bonchev–Trinajstić information content (AvgIpc) is 3.33. The van der Waals surface area contributed by atoms with Crippen molar-refractivity contribution in [3.8, 4) is 22.8 Å². The van der Waals surface area contributed by atoms with Crippen LogP contribution in [0.25, 0.3) is 21.5 Å². The van der Waals surface area contributed by atoms with E-state index in [1.165, 1.54) is 11.3 Å². The molecule has 1 aliphatic rings. The molecule has 0 saturated heterocycles. The third-order valence-corrected chi connectivity index (χ3v) is 5.45. The number of benzene rings is 2. The Hall–Kier alpha value is -3.39. The van der Waals surface area contributed by atoms with Gasteiger partial charge in [0.25, 0.3) is 0 Å². The molecular weight excluding hydrogens is 390 g/mol. The number of nitrogens with one attached hydrogen (secondary N) is 1. The van der Waals surface area contributed by atoms with E-state index in [0.717, 1.165) is 21.3 Å². The zero-order chi connectivity index (χ0) is 19.8. The molecule has 5 rings (SSSR count). The van der Waals surface area contributed by atoms with Crippen LogP contribution in [0.3, 0.4) is 0 Å². The summed E-state index contributed by atoms with van der Waals surface area (Å²) in [6, 6.07) is 13.3. The van der Waals surface area contributed by atoms with E-state index in [-0.39, 0.29) is 12.3 Å². The molecule has 0 atom stereocenters. The molecule has 1 amide bonds. The summed E-state index contributed by atoms with van der Waals surface area (Å²) in [5.74, 6) is 1.77. The molecule has 2 aromatic carbocycles. The summed E-state index contributed by atoms with van der Waals surface area (Å²) < 4.78 is 17.6. The molecule has 4 aromatic rings. The van der Waals surface area contributed by atoms with Crippen LogP contribution in [0.2, 0.25) is 0 Å². The minimum Gasteiger partial charge on any atom is -0.486 e. The van der Waals surface area contributed by atoms with E-state index in [1.807, 2.05) is 37.3 Å². The van der Waals surface area contributed by atoms with E-state index >= 15 is 0 Å². The van der Waals surface area contributed by atoms with Gasteiger partial charge in [-0.1, -0.05) is 22.6 Å². The number of hydrogen-bond donors (Lipinski definition) is 1.